The second kappa shape index (κ2) is 9.91. The van der Waals surface area contributed by atoms with Gasteiger partial charge in [-0.15, -0.1) is 0 Å². The fraction of sp³-hybridized carbons (Fsp3) is 0.280. The monoisotopic (exact) mass is 434 g/mol. The number of hydrogen-bond acceptors (Lipinski definition) is 0. The van der Waals surface area contributed by atoms with Crippen LogP contribution in [0.3, 0.4) is 0 Å². The third kappa shape index (κ3) is 4.87. The Labute approximate surface area is 176 Å². The summed E-state index contributed by atoms with van der Waals surface area (Å²) in [5.41, 5.74) is -1.39. The van der Waals surface area contributed by atoms with E-state index in [1.165, 1.54) is 24.3 Å². The van der Waals surface area contributed by atoms with E-state index in [9.17, 15) is 26.3 Å². The van der Waals surface area contributed by atoms with Gasteiger partial charge in [0, 0.05) is 16.5 Å². The van der Waals surface area contributed by atoms with Crippen LogP contribution in [0.5, 0.6) is 0 Å². The molecule has 0 aromatic heterocycles. The minimum Gasteiger partial charge on any atom is -0.204 e. The van der Waals surface area contributed by atoms with Gasteiger partial charge in [0.2, 0.25) is 0 Å². The third-order valence-corrected chi connectivity index (χ3v) is 5.12. The summed E-state index contributed by atoms with van der Waals surface area (Å²) in [5.74, 6) is -3.42. The van der Waals surface area contributed by atoms with Gasteiger partial charge in [-0.1, -0.05) is 56.6 Å². The summed E-state index contributed by atoms with van der Waals surface area (Å²) >= 11 is 0. The molecule has 0 aliphatic heterocycles. The van der Waals surface area contributed by atoms with Crippen molar-refractivity contribution in [1.82, 2.24) is 0 Å². The SMILES string of the molecule is CCCCCCCc1c(F)c(F)c(C#Cc2ccc3c(F)c(F)ccc3c2)c(F)c1F. The van der Waals surface area contributed by atoms with E-state index in [1.54, 1.807) is 0 Å². The predicted octanol–water partition coefficient (Wildman–Crippen LogP) is 7.59. The molecule has 0 saturated heterocycles. The van der Waals surface area contributed by atoms with Gasteiger partial charge in [-0.25, -0.2) is 26.3 Å². The summed E-state index contributed by atoms with van der Waals surface area (Å²) in [6.45, 7) is 2.03. The van der Waals surface area contributed by atoms with Crippen LogP contribution in [0.25, 0.3) is 10.8 Å². The van der Waals surface area contributed by atoms with Crippen LogP contribution in [0.15, 0.2) is 30.3 Å². The van der Waals surface area contributed by atoms with Gasteiger partial charge in [-0.3, -0.25) is 0 Å². The molecule has 0 fully saturated rings. The van der Waals surface area contributed by atoms with E-state index in [0.29, 0.717) is 18.2 Å². The van der Waals surface area contributed by atoms with E-state index in [-0.39, 0.29) is 17.4 Å². The van der Waals surface area contributed by atoms with Gasteiger partial charge in [0.25, 0.3) is 0 Å². The molecule has 0 amide bonds. The Balaban J connectivity index is 1.90. The predicted molar refractivity (Wildman–Crippen MR) is 109 cm³/mol. The molecule has 0 nitrogen and oxygen atoms in total. The van der Waals surface area contributed by atoms with Gasteiger partial charge in [0.1, 0.15) is 5.56 Å². The van der Waals surface area contributed by atoms with Crippen molar-refractivity contribution in [1.29, 1.82) is 0 Å². The molecule has 0 radical (unpaired) electrons. The summed E-state index contributed by atoms with van der Waals surface area (Å²) in [6.07, 6.45) is 3.91. The Hall–Kier alpha value is -2.94. The van der Waals surface area contributed by atoms with Gasteiger partial charge in [0.15, 0.2) is 34.9 Å². The van der Waals surface area contributed by atoms with Gasteiger partial charge < -0.3 is 0 Å². The number of halogens is 6. The van der Waals surface area contributed by atoms with Crippen molar-refractivity contribution in [2.75, 3.05) is 0 Å². The zero-order valence-electron chi connectivity index (χ0n) is 16.9. The molecule has 0 bridgehead atoms. The standard InChI is InChI=1S/C25H20F6/c1-2-3-4-5-6-7-18-22(28)24(30)19(25(31)23(18)29)12-9-15-8-11-17-16(14-15)10-13-20(26)21(17)27/h8,10-11,13-14H,2-7H2,1H3. The Morgan fingerprint density at radius 2 is 1.35 bits per heavy atom. The van der Waals surface area contributed by atoms with Crippen LogP contribution in [0, 0.1) is 46.7 Å². The molecule has 0 unspecified atom stereocenters. The molecule has 162 valence electrons. The highest BCUT2D eigenvalue weighted by Gasteiger charge is 2.24. The van der Waals surface area contributed by atoms with Crippen molar-refractivity contribution in [3.05, 3.63) is 81.9 Å². The molecule has 0 atom stereocenters. The Kier molecular flexibility index (Phi) is 7.27. The van der Waals surface area contributed by atoms with E-state index in [2.05, 4.69) is 11.8 Å². The second-order valence-electron chi connectivity index (χ2n) is 7.32. The van der Waals surface area contributed by atoms with E-state index < -0.39 is 46.0 Å². The third-order valence-electron chi connectivity index (χ3n) is 5.12. The molecule has 0 aliphatic carbocycles. The molecule has 3 rings (SSSR count). The fourth-order valence-electron chi connectivity index (χ4n) is 3.39. The molecule has 0 spiro atoms. The lowest BCUT2D eigenvalue weighted by Gasteiger charge is -2.09. The smallest absolute Gasteiger partial charge is 0.177 e. The van der Waals surface area contributed by atoms with Crippen molar-refractivity contribution >= 4 is 10.8 Å². The zero-order valence-corrected chi connectivity index (χ0v) is 16.9. The van der Waals surface area contributed by atoms with Crippen LogP contribution in [0.2, 0.25) is 0 Å². The van der Waals surface area contributed by atoms with Crippen LogP contribution in [-0.4, -0.2) is 0 Å². The minimum atomic E-state index is -1.54. The average Bonchev–Trinajstić information content (AvgIpc) is 2.77. The van der Waals surface area contributed by atoms with Crippen molar-refractivity contribution in [3.63, 3.8) is 0 Å². The van der Waals surface area contributed by atoms with E-state index in [0.717, 1.165) is 25.3 Å². The van der Waals surface area contributed by atoms with Crippen molar-refractivity contribution < 1.29 is 26.3 Å². The number of unbranched alkanes of at least 4 members (excludes halogenated alkanes) is 4. The largest absolute Gasteiger partial charge is 0.204 e. The summed E-state index contributed by atoms with van der Waals surface area (Å²) in [6, 6.07) is 6.26. The van der Waals surface area contributed by atoms with Crippen LogP contribution in [0.4, 0.5) is 26.3 Å². The molecule has 3 aromatic carbocycles. The van der Waals surface area contributed by atoms with Gasteiger partial charge in [-0.2, -0.15) is 0 Å². The van der Waals surface area contributed by atoms with Crippen molar-refractivity contribution in [2.45, 2.75) is 45.4 Å². The minimum absolute atomic E-state index is 0.0169. The lowest BCUT2D eigenvalue weighted by atomic mass is 10.0. The molecular formula is C25H20F6. The number of benzene rings is 3. The topological polar surface area (TPSA) is 0 Å². The van der Waals surface area contributed by atoms with Crippen LogP contribution >= 0.6 is 0 Å². The lowest BCUT2D eigenvalue weighted by Crippen LogP contribution is -2.07. The Morgan fingerprint density at radius 3 is 2.03 bits per heavy atom. The molecule has 0 N–H and O–H groups in total. The van der Waals surface area contributed by atoms with E-state index in [4.69, 9.17) is 0 Å². The summed E-state index contributed by atoms with van der Waals surface area (Å²) in [5, 5.41) is 0.339. The summed E-state index contributed by atoms with van der Waals surface area (Å²) in [7, 11) is 0. The lowest BCUT2D eigenvalue weighted by molar-refractivity contribution is 0.432. The molecule has 0 saturated carbocycles. The van der Waals surface area contributed by atoms with Crippen LogP contribution < -0.4 is 0 Å². The zero-order chi connectivity index (χ0) is 22.5. The highest BCUT2D eigenvalue weighted by molar-refractivity contribution is 5.84. The molecule has 3 aromatic rings. The molecule has 31 heavy (non-hydrogen) atoms. The number of fused-ring (bicyclic) bond motifs is 1. The maximum Gasteiger partial charge on any atom is 0.177 e. The Morgan fingerprint density at radius 1 is 0.677 bits per heavy atom. The highest BCUT2D eigenvalue weighted by atomic mass is 19.2. The first-order chi connectivity index (χ1) is 14.8. The van der Waals surface area contributed by atoms with Crippen molar-refractivity contribution in [3.8, 4) is 11.8 Å². The first-order valence-corrected chi connectivity index (χ1v) is 10.1. The average molecular weight is 434 g/mol. The van der Waals surface area contributed by atoms with E-state index in [1.807, 2.05) is 6.92 Å². The quantitative estimate of drug-likeness (QED) is 0.162. The highest BCUT2D eigenvalue weighted by Crippen LogP contribution is 2.26. The molecule has 0 aliphatic rings. The van der Waals surface area contributed by atoms with Gasteiger partial charge in [-0.05, 0) is 36.4 Å². The maximum absolute atomic E-state index is 14.4. The maximum atomic E-state index is 14.4. The first kappa shape index (κ1) is 22.7. The summed E-state index contributed by atoms with van der Waals surface area (Å²) in [4.78, 5) is 0. The number of rotatable bonds is 6. The fourth-order valence-corrected chi connectivity index (χ4v) is 3.39. The van der Waals surface area contributed by atoms with Gasteiger partial charge in [0.05, 0.1) is 0 Å². The summed E-state index contributed by atoms with van der Waals surface area (Å²) < 4.78 is 84.6. The number of hydrogen-bond donors (Lipinski definition) is 0. The molecular weight excluding hydrogens is 414 g/mol. The van der Waals surface area contributed by atoms with Crippen molar-refractivity contribution in [2.24, 2.45) is 0 Å². The van der Waals surface area contributed by atoms with Gasteiger partial charge >= 0.3 is 0 Å². The molecule has 6 heteroatoms. The van der Waals surface area contributed by atoms with Crippen LogP contribution in [-0.2, 0) is 6.42 Å². The van der Waals surface area contributed by atoms with E-state index >= 15 is 0 Å². The second-order valence-corrected chi connectivity index (χ2v) is 7.32. The first-order valence-electron chi connectivity index (χ1n) is 10.1. The van der Waals surface area contributed by atoms with Crippen LogP contribution in [0.1, 0.15) is 55.7 Å². The molecule has 0 heterocycles. The normalized spacial score (nSPS) is 10.9. The Bertz CT molecular complexity index is 1140.